The number of ether oxygens (including phenoxy) is 2. The summed E-state index contributed by atoms with van der Waals surface area (Å²) in [6.45, 7) is 1.87. The van der Waals surface area contributed by atoms with E-state index in [2.05, 4.69) is 0 Å². The van der Waals surface area contributed by atoms with Gasteiger partial charge in [-0.1, -0.05) is 30.3 Å². The fourth-order valence-electron chi connectivity index (χ4n) is 4.28. The number of esters is 1. The zero-order chi connectivity index (χ0) is 24.2. The smallest absolute Gasteiger partial charge is 0.416 e. The number of carbonyl (C=O) groups excluding carboxylic acids is 1. The molecule has 3 atom stereocenters. The molecule has 3 unspecified atom stereocenters. The number of hydrogen-bond acceptors (Lipinski definition) is 3. The number of halogens is 6. The summed E-state index contributed by atoms with van der Waals surface area (Å²) in [5, 5.41) is 0. The number of benzene rings is 2. The van der Waals surface area contributed by atoms with E-state index in [0.29, 0.717) is 25.0 Å². The third-order valence-electron chi connectivity index (χ3n) is 5.74. The molecule has 0 bridgehead atoms. The van der Waals surface area contributed by atoms with Crippen LogP contribution in [-0.2, 0) is 33.0 Å². The molecule has 9 heteroatoms. The monoisotopic (exact) mass is 474 g/mol. The van der Waals surface area contributed by atoms with Crippen molar-refractivity contribution in [3.8, 4) is 0 Å². The van der Waals surface area contributed by atoms with Gasteiger partial charge in [-0.3, -0.25) is 4.79 Å². The Labute approximate surface area is 187 Å². The van der Waals surface area contributed by atoms with Gasteiger partial charge in [-0.25, -0.2) is 0 Å². The highest BCUT2D eigenvalue weighted by Gasteiger charge is 2.42. The molecule has 1 fully saturated rings. The predicted molar refractivity (Wildman–Crippen MR) is 108 cm³/mol. The normalized spacial score (nSPS) is 21.2. The Kier molecular flexibility index (Phi) is 7.72. The molecule has 0 saturated heterocycles. The summed E-state index contributed by atoms with van der Waals surface area (Å²) in [6, 6.07) is 10.7. The third kappa shape index (κ3) is 6.28. The molecule has 33 heavy (non-hydrogen) atoms. The molecule has 0 heterocycles. The van der Waals surface area contributed by atoms with Gasteiger partial charge in [0.05, 0.1) is 36.4 Å². The van der Waals surface area contributed by atoms with E-state index in [0.717, 1.165) is 5.56 Å². The van der Waals surface area contributed by atoms with Crippen LogP contribution in [0.15, 0.2) is 48.5 Å². The molecule has 0 aliphatic heterocycles. The summed E-state index contributed by atoms with van der Waals surface area (Å²) >= 11 is 0. The molecule has 1 saturated carbocycles. The summed E-state index contributed by atoms with van der Waals surface area (Å²) in [7, 11) is 0. The Morgan fingerprint density at radius 1 is 0.939 bits per heavy atom. The fourth-order valence-corrected chi connectivity index (χ4v) is 4.28. The van der Waals surface area contributed by atoms with Crippen molar-refractivity contribution in [1.29, 1.82) is 0 Å². The lowest BCUT2D eigenvalue weighted by Crippen LogP contribution is -2.27. The van der Waals surface area contributed by atoms with E-state index in [9.17, 15) is 31.1 Å². The molecule has 0 radical (unpaired) electrons. The molecule has 1 aliphatic rings. The lowest BCUT2D eigenvalue weighted by Gasteiger charge is -2.25. The molecule has 0 spiro atoms. The van der Waals surface area contributed by atoms with Crippen LogP contribution in [0.5, 0.6) is 0 Å². The second-order valence-electron chi connectivity index (χ2n) is 7.95. The zero-order valence-corrected chi connectivity index (χ0v) is 17.9. The standard InChI is InChI=1S/C24H24F6O3/c1-2-32-22(31)19-8-9-20(21(19)16-6-4-3-5-7-16)33-11-10-15-12-17(23(25,26)27)14-18(13-15)24(28,29)30/h3-7,12-14,19-21H,2,8-11H2,1H3. The first-order valence-electron chi connectivity index (χ1n) is 10.6. The first-order valence-corrected chi connectivity index (χ1v) is 10.6. The Morgan fingerprint density at radius 2 is 1.55 bits per heavy atom. The predicted octanol–water partition coefficient (Wildman–Crippen LogP) is 6.41. The van der Waals surface area contributed by atoms with Crippen LogP contribution in [0.25, 0.3) is 0 Å². The topological polar surface area (TPSA) is 35.5 Å². The van der Waals surface area contributed by atoms with Crippen molar-refractivity contribution in [1.82, 2.24) is 0 Å². The molecule has 180 valence electrons. The van der Waals surface area contributed by atoms with E-state index in [1.54, 1.807) is 6.92 Å². The van der Waals surface area contributed by atoms with Gasteiger partial charge in [0.2, 0.25) is 0 Å². The van der Waals surface area contributed by atoms with E-state index in [-0.39, 0.29) is 43.2 Å². The number of carbonyl (C=O) groups is 1. The summed E-state index contributed by atoms with van der Waals surface area (Å²) in [4.78, 5) is 12.4. The van der Waals surface area contributed by atoms with Crippen molar-refractivity contribution in [2.24, 2.45) is 5.92 Å². The third-order valence-corrected chi connectivity index (χ3v) is 5.74. The molecule has 1 aliphatic carbocycles. The Bertz CT molecular complexity index is 907. The van der Waals surface area contributed by atoms with E-state index in [1.165, 1.54) is 0 Å². The highest BCUT2D eigenvalue weighted by molar-refractivity contribution is 5.74. The summed E-state index contributed by atoms with van der Waals surface area (Å²) in [5.74, 6) is -1.08. The van der Waals surface area contributed by atoms with Gasteiger partial charge in [0.15, 0.2) is 0 Å². The van der Waals surface area contributed by atoms with Crippen LogP contribution >= 0.6 is 0 Å². The highest BCUT2D eigenvalue weighted by atomic mass is 19.4. The quantitative estimate of drug-likeness (QED) is 0.344. The van der Waals surface area contributed by atoms with Crippen molar-refractivity contribution >= 4 is 5.97 Å². The van der Waals surface area contributed by atoms with Gasteiger partial charge in [-0.2, -0.15) is 26.3 Å². The van der Waals surface area contributed by atoms with Crippen molar-refractivity contribution in [2.75, 3.05) is 13.2 Å². The minimum atomic E-state index is -4.90. The van der Waals surface area contributed by atoms with Crippen molar-refractivity contribution < 1.29 is 40.6 Å². The van der Waals surface area contributed by atoms with Crippen molar-refractivity contribution in [3.05, 3.63) is 70.8 Å². The molecule has 2 aromatic carbocycles. The Morgan fingerprint density at radius 3 is 2.09 bits per heavy atom. The van der Waals surface area contributed by atoms with E-state index in [4.69, 9.17) is 9.47 Å². The van der Waals surface area contributed by atoms with Crippen molar-refractivity contribution in [2.45, 2.75) is 50.6 Å². The van der Waals surface area contributed by atoms with Crippen LogP contribution in [0.4, 0.5) is 26.3 Å². The van der Waals surface area contributed by atoms with Crippen LogP contribution < -0.4 is 0 Å². The largest absolute Gasteiger partial charge is 0.466 e. The van der Waals surface area contributed by atoms with Gasteiger partial charge in [0.25, 0.3) is 0 Å². The number of alkyl halides is 6. The Hall–Kier alpha value is -2.55. The molecule has 3 nitrogen and oxygen atoms in total. The summed E-state index contributed by atoms with van der Waals surface area (Å²) in [6.07, 6.45) is -9.28. The minimum absolute atomic E-state index is 0.0812. The molecule has 3 rings (SSSR count). The van der Waals surface area contributed by atoms with Crippen LogP contribution in [0, 0.1) is 5.92 Å². The summed E-state index contributed by atoms with van der Waals surface area (Å²) in [5.41, 5.74) is -1.94. The Balaban J connectivity index is 1.75. The molecule has 0 amide bonds. The first-order chi connectivity index (χ1) is 15.5. The lowest BCUT2D eigenvalue weighted by molar-refractivity contribution is -0.149. The first kappa shape index (κ1) is 25.1. The average molecular weight is 474 g/mol. The van der Waals surface area contributed by atoms with Gasteiger partial charge < -0.3 is 9.47 Å². The highest BCUT2D eigenvalue weighted by Crippen LogP contribution is 2.42. The van der Waals surface area contributed by atoms with Crippen LogP contribution in [0.1, 0.15) is 47.9 Å². The maximum absolute atomic E-state index is 13.1. The van der Waals surface area contributed by atoms with E-state index < -0.39 is 35.5 Å². The lowest BCUT2D eigenvalue weighted by atomic mass is 9.87. The molecular formula is C24H24F6O3. The summed E-state index contributed by atoms with van der Waals surface area (Å²) < 4.78 is 89.6. The van der Waals surface area contributed by atoms with Gasteiger partial charge in [0, 0.05) is 5.92 Å². The number of hydrogen-bond donors (Lipinski definition) is 0. The van der Waals surface area contributed by atoms with Gasteiger partial charge in [-0.05, 0) is 55.5 Å². The molecule has 0 aromatic heterocycles. The second kappa shape index (κ2) is 10.2. The van der Waals surface area contributed by atoms with E-state index in [1.807, 2.05) is 30.3 Å². The van der Waals surface area contributed by atoms with Crippen LogP contribution in [0.2, 0.25) is 0 Å². The van der Waals surface area contributed by atoms with Gasteiger partial charge in [0.1, 0.15) is 0 Å². The molecular weight excluding hydrogens is 450 g/mol. The van der Waals surface area contributed by atoms with Crippen LogP contribution in [0.3, 0.4) is 0 Å². The maximum atomic E-state index is 13.1. The number of rotatable bonds is 7. The van der Waals surface area contributed by atoms with Crippen LogP contribution in [-0.4, -0.2) is 25.3 Å². The van der Waals surface area contributed by atoms with E-state index >= 15 is 0 Å². The fraction of sp³-hybridized carbons (Fsp3) is 0.458. The van der Waals surface area contributed by atoms with Crippen molar-refractivity contribution in [3.63, 3.8) is 0 Å². The van der Waals surface area contributed by atoms with Gasteiger partial charge >= 0.3 is 18.3 Å². The van der Waals surface area contributed by atoms with Gasteiger partial charge in [-0.15, -0.1) is 0 Å². The average Bonchev–Trinajstić information content (AvgIpc) is 3.17. The molecule has 2 aromatic rings. The zero-order valence-electron chi connectivity index (χ0n) is 17.9. The second-order valence-corrected chi connectivity index (χ2v) is 7.95. The minimum Gasteiger partial charge on any atom is -0.466 e. The maximum Gasteiger partial charge on any atom is 0.416 e. The molecule has 0 N–H and O–H groups in total. The SMILES string of the molecule is CCOC(=O)C1CCC(OCCc2cc(C(F)(F)F)cc(C(F)(F)F)c2)C1c1ccccc1.